The van der Waals surface area contributed by atoms with Crippen LogP contribution in [0.4, 0.5) is 0 Å². The molecule has 1 aliphatic carbocycles. The lowest BCUT2D eigenvalue weighted by molar-refractivity contribution is -0.152. The summed E-state index contributed by atoms with van der Waals surface area (Å²) in [6.45, 7) is 7.06. The minimum absolute atomic E-state index is 0.0429. The van der Waals surface area contributed by atoms with Crippen LogP contribution in [0, 0.1) is 0 Å². The standard InChI is InChI=1S/C15H27N3O3/c1-15(2,17-9-7-16-8-10-17)14(21)18(11-13(19)20)12-5-3-4-6-12/h12,16H,3-11H2,1-2H3,(H,19,20). The van der Waals surface area contributed by atoms with Gasteiger partial charge in [-0.15, -0.1) is 0 Å². The van der Waals surface area contributed by atoms with Crippen molar-refractivity contribution in [1.82, 2.24) is 15.1 Å². The third kappa shape index (κ3) is 3.74. The lowest BCUT2D eigenvalue weighted by Crippen LogP contribution is -2.62. The van der Waals surface area contributed by atoms with Crippen molar-refractivity contribution >= 4 is 11.9 Å². The van der Waals surface area contributed by atoms with Crippen molar-refractivity contribution in [3.8, 4) is 0 Å². The first-order valence-corrected chi connectivity index (χ1v) is 7.91. The topological polar surface area (TPSA) is 72.9 Å². The highest BCUT2D eigenvalue weighted by Crippen LogP contribution is 2.27. The zero-order valence-electron chi connectivity index (χ0n) is 13.1. The van der Waals surface area contributed by atoms with Crippen LogP contribution >= 0.6 is 0 Å². The van der Waals surface area contributed by atoms with Crippen LogP contribution in [0.25, 0.3) is 0 Å². The van der Waals surface area contributed by atoms with Gasteiger partial charge >= 0.3 is 5.97 Å². The molecule has 0 radical (unpaired) electrons. The predicted octanol–water partition coefficient (Wildman–Crippen LogP) is 0.526. The van der Waals surface area contributed by atoms with E-state index in [-0.39, 0.29) is 18.5 Å². The largest absolute Gasteiger partial charge is 0.480 e. The number of rotatable bonds is 5. The summed E-state index contributed by atoms with van der Waals surface area (Å²) in [7, 11) is 0. The molecule has 6 nitrogen and oxygen atoms in total. The number of carboxylic acids is 1. The molecule has 2 N–H and O–H groups in total. The first-order chi connectivity index (χ1) is 9.93. The lowest BCUT2D eigenvalue weighted by Gasteiger charge is -2.43. The summed E-state index contributed by atoms with van der Waals surface area (Å²) < 4.78 is 0. The number of piperazine rings is 1. The minimum Gasteiger partial charge on any atom is -0.480 e. The molecule has 1 saturated carbocycles. The van der Waals surface area contributed by atoms with Gasteiger partial charge in [0.05, 0.1) is 5.54 Å². The van der Waals surface area contributed by atoms with E-state index in [1.54, 1.807) is 4.90 Å². The Morgan fingerprint density at radius 3 is 2.33 bits per heavy atom. The summed E-state index contributed by atoms with van der Waals surface area (Å²) >= 11 is 0. The van der Waals surface area contributed by atoms with Crippen LogP contribution in [0.2, 0.25) is 0 Å². The van der Waals surface area contributed by atoms with Gasteiger partial charge in [0.1, 0.15) is 6.54 Å². The highest BCUT2D eigenvalue weighted by molar-refractivity contribution is 5.88. The van der Waals surface area contributed by atoms with Gasteiger partial charge in [0.25, 0.3) is 0 Å². The molecule has 1 saturated heterocycles. The van der Waals surface area contributed by atoms with Crippen molar-refractivity contribution in [3.05, 3.63) is 0 Å². The van der Waals surface area contributed by atoms with Gasteiger partial charge < -0.3 is 15.3 Å². The molecule has 120 valence electrons. The number of hydrogen-bond donors (Lipinski definition) is 2. The molecule has 0 spiro atoms. The second-order valence-electron chi connectivity index (χ2n) is 6.56. The highest BCUT2D eigenvalue weighted by Gasteiger charge is 2.41. The number of aliphatic carboxylic acids is 1. The van der Waals surface area contributed by atoms with Crippen LogP contribution < -0.4 is 5.32 Å². The summed E-state index contributed by atoms with van der Waals surface area (Å²) in [5, 5.41) is 12.4. The number of carboxylic acid groups (broad SMARTS) is 1. The fraction of sp³-hybridized carbons (Fsp3) is 0.867. The number of carbonyl (C=O) groups is 2. The van der Waals surface area contributed by atoms with E-state index in [2.05, 4.69) is 10.2 Å². The molecule has 0 bridgehead atoms. The van der Waals surface area contributed by atoms with E-state index in [0.29, 0.717) is 0 Å². The van der Waals surface area contributed by atoms with Crippen LogP contribution in [0.3, 0.4) is 0 Å². The first-order valence-electron chi connectivity index (χ1n) is 7.91. The van der Waals surface area contributed by atoms with Crippen LogP contribution in [0.15, 0.2) is 0 Å². The Morgan fingerprint density at radius 1 is 1.24 bits per heavy atom. The molecule has 0 aromatic carbocycles. The molecule has 0 aromatic rings. The molecule has 1 heterocycles. The van der Waals surface area contributed by atoms with Crippen LogP contribution in [-0.2, 0) is 9.59 Å². The molecule has 0 aromatic heterocycles. The molecule has 0 unspecified atom stereocenters. The van der Waals surface area contributed by atoms with Crippen molar-refractivity contribution < 1.29 is 14.7 Å². The van der Waals surface area contributed by atoms with Gasteiger partial charge in [0.2, 0.25) is 5.91 Å². The van der Waals surface area contributed by atoms with E-state index in [1.165, 1.54) is 0 Å². The van der Waals surface area contributed by atoms with Gasteiger partial charge in [-0.3, -0.25) is 14.5 Å². The quantitative estimate of drug-likeness (QED) is 0.774. The van der Waals surface area contributed by atoms with Crippen LogP contribution in [0.5, 0.6) is 0 Å². The molecule has 2 rings (SSSR count). The maximum atomic E-state index is 13.0. The van der Waals surface area contributed by atoms with E-state index in [0.717, 1.165) is 51.9 Å². The van der Waals surface area contributed by atoms with E-state index in [9.17, 15) is 9.59 Å². The van der Waals surface area contributed by atoms with Crippen molar-refractivity contribution in [1.29, 1.82) is 0 Å². The molecule has 6 heteroatoms. The fourth-order valence-corrected chi connectivity index (χ4v) is 3.44. The summed E-state index contributed by atoms with van der Waals surface area (Å²) in [6.07, 6.45) is 4.03. The molecular formula is C15H27N3O3. The van der Waals surface area contributed by atoms with Gasteiger partial charge in [-0.1, -0.05) is 12.8 Å². The van der Waals surface area contributed by atoms with Crippen molar-refractivity contribution in [2.75, 3.05) is 32.7 Å². The van der Waals surface area contributed by atoms with Gasteiger partial charge in [-0.05, 0) is 26.7 Å². The Labute approximate surface area is 126 Å². The third-order valence-corrected chi connectivity index (χ3v) is 4.76. The highest BCUT2D eigenvalue weighted by atomic mass is 16.4. The first kappa shape index (κ1) is 16.2. The summed E-state index contributed by atoms with van der Waals surface area (Å²) in [5.41, 5.74) is -0.639. The van der Waals surface area contributed by atoms with Gasteiger partial charge in [0, 0.05) is 32.2 Å². The molecule has 2 aliphatic rings. The number of nitrogens with zero attached hydrogens (tertiary/aromatic N) is 2. The van der Waals surface area contributed by atoms with E-state index >= 15 is 0 Å². The van der Waals surface area contributed by atoms with E-state index in [1.807, 2.05) is 13.8 Å². The lowest BCUT2D eigenvalue weighted by atomic mass is 9.98. The number of amides is 1. The maximum absolute atomic E-state index is 13.0. The Balaban J connectivity index is 2.12. The van der Waals surface area contributed by atoms with Crippen molar-refractivity contribution in [2.45, 2.75) is 51.1 Å². The summed E-state index contributed by atoms with van der Waals surface area (Å²) in [5.74, 6) is -0.968. The predicted molar refractivity (Wildman–Crippen MR) is 80.1 cm³/mol. The fourth-order valence-electron chi connectivity index (χ4n) is 3.44. The number of hydrogen-bond acceptors (Lipinski definition) is 4. The molecule has 21 heavy (non-hydrogen) atoms. The molecule has 1 aliphatic heterocycles. The zero-order chi connectivity index (χ0) is 15.5. The molecule has 1 amide bonds. The average molecular weight is 297 g/mol. The van der Waals surface area contributed by atoms with Crippen molar-refractivity contribution in [3.63, 3.8) is 0 Å². The summed E-state index contributed by atoms with van der Waals surface area (Å²) in [6, 6.07) is 0.0933. The molecule has 0 atom stereocenters. The number of nitrogens with one attached hydrogen (secondary N) is 1. The normalized spacial score (nSPS) is 21.4. The minimum atomic E-state index is -0.925. The monoisotopic (exact) mass is 297 g/mol. The number of carbonyl (C=O) groups excluding carboxylic acids is 1. The summed E-state index contributed by atoms with van der Waals surface area (Å²) in [4.78, 5) is 27.9. The average Bonchev–Trinajstić information content (AvgIpc) is 2.98. The van der Waals surface area contributed by atoms with E-state index in [4.69, 9.17) is 5.11 Å². The van der Waals surface area contributed by atoms with Gasteiger partial charge in [-0.25, -0.2) is 0 Å². The third-order valence-electron chi connectivity index (χ3n) is 4.76. The Bertz CT molecular complexity index is 386. The van der Waals surface area contributed by atoms with Gasteiger partial charge in [0.15, 0.2) is 0 Å². The Hall–Kier alpha value is -1.14. The van der Waals surface area contributed by atoms with Gasteiger partial charge in [-0.2, -0.15) is 0 Å². The smallest absolute Gasteiger partial charge is 0.323 e. The Morgan fingerprint density at radius 2 is 1.81 bits per heavy atom. The van der Waals surface area contributed by atoms with E-state index < -0.39 is 11.5 Å². The maximum Gasteiger partial charge on any atom is 0.323 e. The van der Waals surface area contributed by atoms with Crippen LogP contribution in [0.1, 0.15) is 39.5 Å². The van der Waals surface area contributed by atoms with Crippen molar-refractivity contribution in [2.24, 2.45) is 0 Å². The Kier molecular flexibility index (Phi) is 5.22. The molecular weight excluding hydrogens is 270 g/mol. The second-order valence-corrected chi connectivity index (χ2v) is 6.56. The van der Waals surface area contributed by atoms with Crippen LogP contribution in [-0.4, -0.2) is 71.1 Å². The SMILES string of the molecule is CC(C)(C(=O)N(CC(=O)O)C1CCCC1)N1CCNCC1. The second kappa shape index (κ2) is 6.75. The zero-order valence-corrected chi connectivity index (χ0v) is 13.1. The molecule has 2 fully saturated rings.